The third kappa shape index (κ3) is 3.82. The molecule has 62 valence electrons. The van der Waals surface area contributed by atoms with Gasteiger partial charge in [-0.05, 0) is 26.4 Å². The molecule has 0 aromatic heterocycles. The summed E-state index contributed by atoms with van der Waals surface area (Å²) in [6.45, 7) is 4.38. The molecule has 3 heteroatoms. The normalized spacial score (nSPS) is 14.7. The van der Waals surface area contributed by atoms with Crippen molar-refractivity contribution in [2.24, 2.45) is 11.8 Å². The summed E-state index contributed by atoms with van der Waals surface area (Å²) in [5, 5.41) is 0. The monoisotopic (exact) mass is 145 g/mol. The first kappa shape index (κ1) is 9.88. The van der Waals surface area contributed by atoms with Gasteiger partial charge in [0, 0.05) is 0 Å². The first-order chi connectivity index (χ1) is 4.57. The van der Waals surface area contributed by atoms with Crippen LogP contribution in [0.1, 0.15) is 20.3 Å². The molecule has 0 aliphatic rings. The van der Waals surface area contributed by atoms with Gasteiger partial charge in [0.1, 0.15) is 0 Å². The van der Waals surface area contributed by atoms with E-state index in [2.05, 4.69) is 24.2 Å². The molecular weight excluding hydrogens is 126 g/mol. The standard InChI is InChI=1S/C7H19N3/c1-6(2)5-7(9-8)10(3)4/h6-7,9H,5,8H2,1-4H3. The lowest BCUT2D eigenvalue weighted by Crippen LogP contribution is -2.45. The van der Waals surface area contributed by atoms with Gasteiger partial charge in [0.05, 0.1) is 6.17 Å². The maximum Gasteiger partial charge on any atom is 0.0724 e. The molecule has 0 aliphatic carbocycles. The molecule has 0 aromatic carbocycles. The highest BCUT2D eigenvalue weighted by molar-refractivity contribution is 4.61. The van der Waals surface area contributed by atoms with Crippen molar-refractivity contribution in [2.45, 2.75) is 26.4 Å². The molecule has 0 saturated heterocycles. The van der Waals surface area contributed by atoms with Crippen molar-refractivity contribution in [1.29, 1.82) is 0 Å². The molecule has 0 fully saturated rings. The molecule has 0 rings (SSSR count). The Balaban J connectivity index is 3.60. The van der Waals surface area contributed by atoms with Crippen molar-refractivity contribution in [1.82, 2.24) is 10.3 Å². The van der Waals surface area contributed by atoms with E-state index in [-0.39, 0.29) is 0 Å². The number of nitrogens with two attached hydrogens (primary N) is 1. The molecule has 3 N–H and O–H groups in total. The van der Waals surface area contributed by atoms with Crippen molar-refractivity contribution in [3.05, 3.63) is 0 Å². The van der Waals surface area contributed by atoms with Crippen molar-refractivity contribution < 1.29 is 0 Å². The summed E-state index contributed by atoms with van der Waals surface area (Å²) in [5.74, 6) is 6.01. The largest absolute Gasteiger partial charge is 0.293 e. The molecule has 0 amide bonds. The summed E-state index contributed by atoms with van der Waals surface area (Å²) in [5.41, 5.74) is 2.76. The number of nitrogens with zero attached hydrogens (tertiary/aromatic N) is 1. The van der Waals surface area contributed by atoms with Crippen molar-refractivity contribution >= 4 is 0 Å². The third-order valence-electron chi connectivity index (χ3n) is 1.51. The van der Waals surface area contributed by atoms with Gasteiger partial charge in [-0.25, -0.2) is 5.43 Å². The summed E-state index contributed by atoms with van der Waals surface area (Å²) in [6, 6.07) is 0. The number of nitrogens with one attached hydrogen (secondary N) is 1. The molecular formula is C7H19N3. The number of hydrogen-bond donors (Lipinski definition) is 2. The Bertz CT molecular complexity index is 80.9. The van der Waals surface area contributed by atoms with Crippen LogP contribution in [-0.2, 0) is 0 Å². The van der Waals surface area contributed by atoms with E-state index in [0.29, 0.717) is 12.1 Å². The van der Waals surface area contributed by atoms with Gasteiger partial charge in [-0.3, -0.25) is 10.7 Å². The van der Waals surface area contributed by atoms with Crippen LogP contribution in [0.25, 0.3) is 0 Å². The average Bonchev–Trinajstić information content (AvgIpc) is 1.81. The summed E-state index contributed by atoms with van der Waals surface area (Å²) in [6.07, 6.45) is 1.39. The van der Waals surface area contributed by atoms with Crippen LogP contribution in [0.2, 0.25) is 0 Å². The van der Waals surface area contributed by atoms with Crippen LogP contribution in [0.5, 0.6) is 0 Å². The second-order valence-electron chi connectivity index (χ2n) is 3.28. The van der Waals surface area contributed by atoms with Crippen LogP contribution in [0.4, 0.5) is 0 Å². The quantitative estimate of drug-likeness (QED) is 0.341. The molecule has 10 heavy (non-hydrogen) atoms. The predicted molar refractivity (Wildman–Crippen MR) is 44.3 cm³/mol. The molecule has 0 aliphatic heterocycles. The Kier molecular flexibility index (Phi) is 4.60. The summed E-state index contributed by atoms with van der Waals surface area (Å²) < 4.78 is 0. The fraction of sp³-hybridized carbons (Fsp3) is 1.00. The molecule has 0 radical (unpaired) electrons. The topological polar surface area (TPSA) is 41.3 Å². The minimum Gasteiger partial charge on any atom is -0.293 e. The van der Waals surface area contributed by atoms with Gasteiger partial charge in [0.2, 0.25) is 0 Å². The minimum absolute atomic E-state index is 0.306. The highest BCUT2D eigenvalue weighted by Gasteiger charge is 2.09. The van der Waals surface area contributed by atoms with E-state index < -0.39 is 0 Å². The molecule has 0 spiro atoms. The molecule has 0 aromatic rings. The lowest BCUT2D eigenvalue weighted by molar-refractivity contribution is 0.214. The average molecular weight is 145 g/mol. The molecule has 3 nitrogen and oxygen atoms in total. The van der Waals surface area contributed by atoms with Crippen molar-refractivity contribution in [2.75, 3.05) is 14.1 Å². The van der Waals surface area contributed by atoms with Gasteiger partial charge >= 0.3 is 0 Å². The highest BCUT2D eigenvalue weighted by Crippen LogP contribution is 2.04. The van der Waals surface area contributed by atoms with Gasteiger partial charge in [-0.15, -0.1) is 0 Å². The van der Waals surface area contributed by atoms with Crippen LogP contribution in [-0.4, -0.2) is 25.2 Å². The van der Waals surface area contributed by atoms with Gasteiger partial charge in [-0.2, -0.15) is 0 Å². The molecule has 0 heterocycles. The zero-order chi connectivity index (χ0) is 8.15. The van der Waals surface area contributed by atoms with E-state index >= 15 is 0 Å². The van der Waals surface area contributed by atoms with Crippen LogP contribution in [0.3, 0.4) is 0 Å². The van der Waals surface area contributed by atoms with E-state index in [1.54, 1.807) is 0 Å². The fourth-order valence-corrected chi connectivity index (χ4v) is 0.874. The summed E-state index contributed by atoms with van der Waals surface area (Å²) in [7, 11) is 4.04. The Morgan fingerprint density at radius 3 is 2.00 bits per heavy atom. The number of rotatable bonds is 4. The maximum atomic E-state index is 5.33. The second kappa shape index (κ2) is 4.66. The van der Waals surface area contributed by atoms with Gasteiger partial charge in [-0.1, -0.05) is 13.8 Å². The van der Waals surface area contributed by atoms with E-state index in [4.69, 9.17) is 5.84 Å². The Hall–Kier alpha value is -0.120. The van der Waals surface area contributed by atoms with Gasteiger partial charge in [0.25, 0.3) is 0 Å². The zero-order valence-corrected chi connectivity index (χ0v) is 7.39. The minimum atomic E-state index is 0.306. The lowest BCUT2D eigenvalue weighted by Gasteiger charge is -2.24. The summed E-state index contributed by atoms with van der Waals surface area (Å²) >= 11 is 0. The first-order valence-corrected chi connectivity index (χ1v) is 3.70. The van der Waals surface area contributed by atoms with E-state index in [0.717, 1.165) is 6.42 Å². The zero-order valence-electron chi connectivity index (χ0n) is 7.39. The number of hydrazine groups is 1. The predicted octanol–water partition coefficient (Wildman–Crippen LogP) is 0.384. The fourth-order valence-electron chi connectivity index (χ4n) is 0.874. The van der Waals surface area contributed by atoms with Gasteiger partial charge in [0.15, 0.2) is 0 Å². The Morgan fingerprint density at radius 2 is 1.90 bits per heavy atom. The van der Waals surface area contributed by atoms with E-state index in [9.17, 15) is 0 Å². The summed E-state index contributed by atoms with van der Waals surface area (Å²) in [4.78, 5) is 2.08. The number of hydrogen-bond acceptors (Lipinski definition) is 3. The van der Waals surface area contributed by atoms with Crippen LogP contribution in [0.15, 0.2) is 0 Å². The molecule has 0 bridgehead atoms. The van der Waals surface area contributed by atoms with Gasteiger partial charge < -0.3 is 0 Å². The Morgan fingerprint density at radius 1 is 1.40 bits per heavy atom. The first-order valence-electron chi connectivity index (χ1n) is 3.70. The Labute approximate surface area is 63.5 Å². The maximum absolute atomic E-state index is 5.33. The van der Waals surface area contributed by atoms with Crippen LogP contribution in [0, 0.1) is 5.92 Å². The van der Waals surface area contributed by atoms with Crippen LogP contribution < -0.4 is 11.3 Å². The molecule has 1 atom stereocenters. The van der Waals surface area contributed by atoms with Crippen LogP contribution >= 0.6 is 0 Å². The molecule has 1 unspecified atom stereocenters. The highest BCUT2D eigenvalue weighted by atomic mass is 15.4. The van der Waals surface area contributed by atoms with Crippen molar-refractivity contribution in [3.63, 3.8) is 0 Å². The van der Waals surface area contributed by atoms with E-state index in [1.807, 2.05) is 14.1 Å². The van der Waals surface area contributed by atoms with Crippen molar-refractivity contribution in [3.8, 4) is 0 Å². The van der Waals surface area contributed by atoms with E-state index in [1.165, 1.54) is 0 Å². The SMILES string of the molecule is CC(C)CC(NN)N(C)C. The second-order valence-corrected chi connectivity index (χ2v) is 3.28. The lowest BCUT2D eigenvalue weighted by atomic mass is 10.1. The third-order valence-corrected chi connectivity index (χ3v) is 1.51. The smallest absolute Gasteiger partial charge is 0.0724 e. The molecule has 0 saturated carbocycles.